The van der Waals surface area contributed by atoms with Crippen molar-refractivity contribution < 1.29 is 19.4 Å². The van der Waals surface area contributed by atoms with Crippen molar-refractivity contribution in [2.75, 3.05) is 18.9 Å². The Bertz CT molecular complexity index is 497. The first kappa shape index (κ1) is 13.2. The topological polar surface area (TPSA) is 102 Å². The van der Waals surface area contributed by atoms with Crippen molar-refractivity contribution in [3.8, 4) is 5.75 Å². The molecule has 0 spiro atoms. The predicted octanol–water partition coefficient (Wildman–Crippen LogP) is 0.872. The van der Waals surface area contributed by atoms with E-state index in [1.807, 2.05) is 0 Å². The van der Waals surface area contributed by atoms with Crippen molar-refractivity contribution in [1.29, 1.82) is 0 Å². The number of ether oxygens (including phenoxy) is 1. The lowest BCUT2D eigenvalue weighted by Crippen LogP contribution is -2.30. The number of nitrogens with one attached hydrogen (secondary N) is 1. The first-order valence-corrected chi connectivity index (χ1v) is 6.08. The number of amides is 1. The van der Waals surface area contributed by atoms with Gasteiger partial charge in [0.25, 0.3) is 5.91 Å². The second kappa shape index (κ2) is 5.60. The Balaban J connectivity index is 1.86. The number of rotatable bonds is 6. The maximum Gasteiger partial charge on any atom is 0.337 e. The number of hydrogen-bond acceptors (Lipinski definition) is 4. The van der Waals surface area contributed by atoms with E-state index >= 15 is 0 Å². The Morgan fingerprint density at radius 2 is 2.16 bits per heavy atom. The van der Waals surface area contributed by atoms with Crippen LogP contribution in [0.1, 0.15) is 23.2 Å². The summed E-state index contributed by atoms with van der Waals surface area (Å²) in [6.45, 7) is 0.556. The van der Waals surface area contributed by atoms with Crippen LogP contribution in [0.3, 0.4) is 0 Å². The molecular weight excluding hydrogens is 248 g/mol. The Labute approximate surface area is 110 Å². The van der Waals surface area contributed by atoms with Crippen LogP contribution in [0, 0.1) is 5.92 Å². The lowest BCUT2D eigenvalue weighted by molar-refractivity contribution is -0.123. The monoisotopic (exact) mass is 264 g/mol. The fraction of sp³-hybridized carbons (Fsp3) is 0.385. The molecule has 1 saturated carbocycles. The van der Waals surface area contributed by atoms with Gasteiger partial charge >= 0.3 is 5.97 Å². The van der Waals surface area contributed by atoms with Gasteiger partial charge in [0.05, 0.1) is 5.56 Å². The highest BCUT2D eigenvalue weighted by atomic mass is 16.5. The molecule has 1 fully saturated rings. The highest BCUT2D eigenvalue weighted by Gasteiger charge is 2.21. The standard InChI is InChI=1S/C13H16N2O4/c14-11-4-3-9(5-10(11)13(17)18)19-7-12(16)15-6-8-1-2-8/h3-5,8H,1-2,6-7,14H2,(H,15,16)(H,17,18). The van der Waals surface area contributed by atoms with Gasteiger partial charge < -0.3 is 20.9 Å². The number of hydrogen-bond donors (Lipinski definition) is 3. The zero-order valence-electron chi connectivity index (χ0n) is 10.4. The first-order chi connectivity index (χ1) is 9.06. The molecule has 0 saturated heterocycles. The van der Waals surface area contributed by atoms with Crippen molar-refractivity contribution >= 4 is 17.6 Å². The highest BCUT2D eigenvalue weighted by Crippen LogP contribution is 2.27. The average Bonchev–Trinajstić information content (AvgIpc) is 3.19. The van der Waals surface area contributed by atoms with Crippen molar-refractivity contribution in [3.63, 3.8) is 0 Å². The molecule has 1 amide bonds. The second-order valence-electron chi connectivity index (χ2n) is 4.59. The third kappa shape index (κ3) is 3.87. The number of carboxylic acids is 1. The fourth-order valence-electron chi connectivity index (χ4n) is 1.59. The van der Waals surface area contributed by atoms with Crippen LogP contribution in [0.15, 0.2) is 18.2 Å². The van der Waals surface area contributed by atoms with Crippen LogP contribution >= 0.6 is 0 Å². The summed E-state index contributed by atoms with van der Waals surface area (Å²) in [7, 11) is 0. The molecule has 0 aromatic heterocycles. The van der Waals surface area contributed by atoms with Crippen LogP contribution in [-0.2, 0) is 4.79 Å². The van der Waals surface area contributed by atoms with Gasteiger partial charge in [0.1, 0.15) is 5.75 Å². The summed E-state index contributed by atoms with van der Waals surface area (Å²) in [5, 5.41) is 11.7. The van der Waals surface area contributed by atoms with Crippen LogP contribution in [0.2, 0.25) is 0 Å². The van der Waals surface area contributed by atoms with E-state index in [0.29, 0.717) is 18.2 Å². The summed E-state index contributed by atoms with van der Waals surface area (Å²) in [6, 6.07) is 4.29. The number of nitrogens with two attached hydrogens (primary N) is 1. The van der Waals surface area contributed by atoms with Crippen molar-refractivity contribution in [3.05, 3.63) is 23.8 Å². The molecule has 0 bridgehead atoms. The molecule has 1 aliphatic rings. The molecule has 0 heterocycles. The van der Waals surface area contributed by atoms with Gasteiger partial charge in [0.15, 0.2) is 6.61 Å². The van der Waals surface area contributed by atoms with E-state index < -0.39 is 5.97 Å². The summed E-state index contributed by atoms with van der Waals surface area (Å²) in [5.41, 5.74) is 5.65. The Morgan fingerprint density at radius 1 is 1.42 bits per heavy atom. The zero-order chi connectivity index (χ0) is 13.8. The molecule has 6 nitrogen and oxygen atoms in total. The van der Waals surface area contributed by atoms with Crippen LogP contribution < -0.4 is 15.8 Å². The van der Waals surface area contributed by atoms with E-state index in [2.05, 4.69) is 5.32 Å². The van der Waals surface area contributed by atoms with E-state index in [4.69, 9.17) is 15.6 Å². The zero-order valence-corrected chi connectivity index (χ0v) is 10.4. The Hall–Kier alpha value is -2.24. The van der Waals surface area contributed by atoms with Crippen molar-refractivity contribution in [1.82, 2.24) is 5.32 Å². The molecule has 0 atom stereocenters. The number of carboxylic acid groups (broad SMARTS) is 1. The number of carbonyl (C=O) groups is 2. The van der Waals surface area contributed by atoms with Crippen molar-refractivity contribution in [2.24, 2.45) is 5.92 Å². The lowest BCUT2D eigenvalue weighted by atomic mass is 10.2. The third-order valence-electron chi connectivity index (χ3n) is 2.91. The van der Waals surface area contributed by atoms with Gasteiger partial charge in [0, 0.05) is 12.2 Å². The minimum atomic E-state index is -1.12. The molecule has 19 heavy (non-hydrogen) atoms. The van der Waals surface area contributed by atoms with Gasteiger partial charge in [-0.1, -0.05) is 0 Å². The van der Waals surface area contributed by atoms with Gasteiger partial charge in [0.2, 0.25) is 0 Å². The second-order valence-corrected chi connectivity index (χ2v) is 4.59. The van der Waals surface area contributed by atoms with E-state index in [9.17, 15) is 9.59 Å². The van der Waals surface area contributed by atoms with Crippen LogP contribution in [0.4, 0.5) is 5.69 Å². The van der Waals surface area contributed by atoms with Gasteiger partial charge in [-0.15, -0.1) is 0 Å². The summed E-state index contributed by atoms with van der Waals surface area (Å²) >= 11 is 0. The van der Waals surface area contributed by atoms with Gasteiger partial charge in [-0.2, -0.15) is 0 Å². The van der Waals surface area contributed by atoms with Crippen LogP contribution in [-0.4, -0.2) is 30.1 Å². The SMILES string of the molecule is Nc1ccc(OCC(=O)NCC2CC2)cc1C(=O)O. The lowest BCUT2D eigenvalue weighted by Gasteiger charge is -2.08. The molecule has 1 aromatic carbocycles. The fourth-order valence-corrected chi connectivity index (χ4v) is 1.59. The largest absolute Gasteiger partial charge is 0.484 e. The first-order valence-electron chi connectivity index (χ1n) is 6.08. The highest BCUT2D eigenvalue weighted by molar-refractivity contribution is 5.94. The maximum absolute atomic E-state index is 11.5. The van der Waals surface area contributed by atoms with Crippen LogP contribution in [0.5, 0.6) is 5.75 Å². The van der Waals surface area contributed by atoms with Crippen molar-refractivity contribution in [2.45, 2.75) is 12.8 Å². The van der Waals surface area contributed by atoms with E-state index in [-0.39, 0.29) is 23.8 Å². The molecule has 0 unspecified atom stereocenters. The van der Waals surface area contributed by atoms with Gasteiger partial charge in [-0.25, -0.2) is 4.79 Å². The molecule has 0 radical (unpaired) electrons. The molecule has 4 N–H and O–H groups in total. The summed E-state index contributed by atoms with van der Waals surface area (Å²) in [5.74, 6) is -0.408. The molecule has 0 aliphatic heterocycles. The van der Waals surface area contributed by atoms with Gasteiger partial charge in [-0.05, 0) is 37.0 Å². The minimum absolute atomic E-state index is 0.0316. The Morgan fingerprint density at radius 3 is 2.79 bits per heavy atom. The van der Waals surface area contributed by atoms with E-state index in [1.54, 1.807) is 0 Å². The molecular formula is C13H16N2O4. The number of aromatic carboxylic acids is 1. The average molecular weight is 264 g/mol. The molecule has 1 aliphatic carbocycles. The number of carbonyl (C=O) groups excluding carboxylic acids is 1. The maximum atomic E-state index is 11.5. The summed E-state index contributed by atoms with van der Waals surface area (Å²) in [6.07, 6.45) is 2.34. The van der Waals surface area contributed by atoms with Crippen LogP contribution in [0.25, 0.3) is 0 Å². The Kier molecular flexibility index (Phi) is 3.89. The summed E-state index contributed by atoms with van der Waals surface area (Å²) in [4.78, 5) is 22.3. The van der Waals surface area contributed by atoms with E-state index in [0.717, 1.165) is 0 Å². The normalized spacial score (nSPS) is 13.9. The molecule has 102 valence electrons. The smallest absolute Gasteiger partial charge is 0.337 e. The third-order valence-corrected chi connectivity index (χ3v) is 2.91. The quantitative estimate of drug-likeness (QED) is 0.662. The molecule has 2 rings (SSSR count). The summed E-state index contributed by atoms with van der Waals surface area (Å²) < 4.78 is 5.24. The van der Waals surface area contributed by atoms with Gasteiger partial charge in [-0.3, -0.25) is 4.79 Å². The predicted molar refractivity (Wildman–Crippen MR) is 69.0 cm³/mol. The minimum Gasteiger partial charge on any atom is -0.484 e. The molecule has 1 aromatic rings. The number of nitrogen functional groups attached to an aromatic ring is 1. The van der Waals surface area contributed by atoms with E-state index in [1.165, 1.54) is 31.0 Å². The number of benzene rings is 1. The number of anilines is 1. The molecule has 6 heteroatoms.